The van der Waals surface area contributed by atoms with E-state index in [2.05, 4.69) is 22.2 Å². The van der Waals surface area contributed by atoms with Crippen LogP contribution in [0.4, 0.5) is 5.82 Å². The molecular formula is C17H27N5O2. The molecule has 0 radical (unpaired) electrons. The van der Waals surface area contributed by atoms with E-state index in [1.807, 2.05) is 13.0 Å². The van der Waals surface area contributed by atoms with Gasteiger partial charge in [-0.25, -0.2) is 4.68 Å². The fraction of sp³-hybridized carbons (Fsp3) is 0.706. The van der Waals surface area contributed by atoms with E-state index in [0.717, 1.165) is 24.6 Å². The van der Waals surface area contributed by atoms with E-state index < -0.39 is 0 Å². The standard InChI is InChI=1S/C17H27N5O2/c1-13-11-16-21(17(24)6-9-22(16)19-13)12-15(23)18-7-10-20-8-4-3-5-14(20)2/h11,14H,3-10,12H2,1-2H3,(H,18,23). The average molecular weight is 333 g/mol. The molecule has 2 aliphatic heterocycles. The third-order valence-corrected chi connectivity index (χ3v) is 4.96. The fourth-order valence-electron chi connectivity index (χ4n) is 3.58. The number of hydrogen-bond acceptors (Lipinski definition) is 4. The van der Waals surface area contributed by atoms with Gasteiger partial charge in [0.2, 0.25) is 11.8 Å². The minimum atomic E-state index is -0.111. The Labute approximate surface area is 143 Å². The van der Waals surface area contributed by atoms with E-state index in [-0.39, 0.29) is 18.4 Å². The number of rotatable bonds is 5. The van der Waals surface area contributed by atoms with Gasteiger partial charge >= 0.3 is 0 Å². The summed E-state index contributed by atoms with van der Waals surface area (Å²) in [6, 6.07) is 2.45. The van der Waals surface area contributed by atoms with Crippen molar-refractivity contribution in [1.29, 1.82) is 0 Å². The molecular weight excluding hydrogens is 306 g/mol. The number of amides is 2. The lowest BCUT2D eigenvalue weighted by atomic mass is 10.0. The smallest absolute Gasteiger partial charge is 0.240 e. The Morgan fingerprint density at radius 2 is 2.21 bits per heavy atom. The van der Waals surface area contributed by atoms with Gasteiger partial charge in [0.05, 0.1) is 12.2 Å². The van der Waals surface area contributed by atoms with Crippen LogP contribution in [0.2, 0.25) is 0 Å². The average Bonchev–Trinajstić information content (AvgIpc) is 2.93. The molecule has 1 saturated heterocycles. The summed E-state index contributed by atoms with van der Waals surface area (Å²) in [5.74, 6) is 0.603. The Balaban J connectivity index is 1.50. The van der Waals surface area contributed by atoms with E-state index in [1.165, 1.54) is 19.3 Å². The predicted octanol–water partition coefficient (Wildman–Crippen LogP) is 0.919. The van der Waals surface area contributed by atoms with E-state index in [1.54, 1.807) is 9.58 Å². The zero-order valence-electron chi connectivity index (χ0n) is 14.6. The molecule has 1 aromatic heterocycles. The minimum Gasteiger partial charge on any atom is -0.353 e. The molecule has 24 heavy (non-hydrogen) atoms. The van der Waals surface area contributed by atoms with Crippen LogP contribution in [0, 0.1) is 6.92 Å². The molecule has 1 N–H and O–H groups in total. The van der Waals surface area contributed by atoms with Crippen LogP contribution in [0.3, 0.4) is 0 Å². The number of carbonyl (C=O) groups is 2. The van der Waals surface area contributed by atoms with Gasteiger partial charge in [0.25, 0.3) is 0 Å². The van der Waals surface area contributed by atoms with Gasteiger partial charge in [-0.15, -0.1) is 0 Å². The van der Waals surface area contributed by atoms with Crippen molar-refractivity contribution in [3.05, 3.63) is 11.8 Å². The van der Waals surface area contributed by atoms with Crippen molar-refractivity contribution in [3.8, 4) is 0 Å². The first-order valence-corrected chi connectivity index (χ1v) is 8.90. The molecule has 0 aliphatic carbocycles. The molecule has 7 nitrogen and oxygen atoms in total. The monoisotopic (exact) mass is 333 g/mol. The first kappa shape index (κ1) is 17.0. The van der Waals surface area contributed by atoms with E-state index >= 15 is 0 Å². The minimum absolute atomic E-state index is 0.0118. The van der Waals surface area contributed by atoms with Crippen molar-refractivity contribution < 1.29 is 9.59 Å². The Kier molecular flexibility index (Phi) is 5.18. The second kappa shape index (κ2) is 7.34. The number of anilines is 1. The lowest BCUT2D eigenvalue weighted by molar-refractivity contribution is -0.124. The van der Waals surface area contributed by atoms with Crippen molar-refractivity contribution in [2.24, 2.45) is 0 Å². The summed E-state index contributed by atoms with van der Waals surface area (Å²) in [7, 11) is 0. The maximum atomic E-state index is 12.2. The molecule has 3 rings (SSSR count). The number of nitrogens with one attached hydrogen (secondary N) is 1. The summed E-state index contributed by atoms with van der Waals surface area (Å²) in [6.07, 6.45) is 4.17. The molecule has 0 bridgehead atoms. The lowest BCUT2D eigenvalue weighted by Gasteiger charge is -2.33. The summed E-state index contributed by atoms with van der Waals surface area (Å²) >= 11 is 0. The number of hydrogen-bond donors (Lipinski definition) is 1. The SMILES string of the molecule is Cc1cc2n(n1)CCC(=O)N2CC(=O)NCCN1CCCCC1C. The third kappa shape index (κ3) is 3.77. The second-order valence-electron chi connectivity index (χ2n) is 6.83. The molecule has 2 amide bonds. The van der Waals surface area contributed by atoms with Crippen molar-refractivity contribution in [1.82, 2.24) is 20.0 Å². The maximum absolute atomic E-state index is 12.2. The van der Waals surface area contributed by atoms with Gasteiger partial charge in [0, 0.05) is 31.6 Å². The highest BCUT2D eigenvalue weighted by atomic mass is 16.2. The summed E-state index contributed by atoms with van der Waals surface area (Å²) in [4.78, 5) is 28.4. The van der Waals surface area contributed by atoms with Crippen LogP contribution in [-0.2, 0) is 16.1 Å². The first-order chi connectivity index (χ1) is 11.5. The van der Waals surface area contributed by atoms with Crippen LogP contribution in [0.15, 0.2) is 6.07 Å². The van der Waals surface area contributed by atoms with Crippen LogP contribution in [0.1, 0.15) is 38.3 Å². The van der Waals surface area contributed by atoms with Gasteiger partial charge in [-0.05, 0) is 33.2 Å². The number of nitrogens with zero attached hydrogens (tertiary/aromatic N) is 4. The number of fused-ring (bicyclic) bond motifs is 1. The van der Waals surface area contributed by atoms with Gasteiger partial charge in [0.15, 0.2) is 0 Å². The fourth-order valence-corrected chi connectivity index (χ4v) is 3.58. The Morgan fingerprint density at radius 1 is 1.38 bits per heavy atom. The van der Waals surface area contributed by atoms with E-state index in [9.17, 15) is 9.59 Å². The van der Waals surface area contributed by atoms with Gasteiger partial charge in [-0.1, -0.05) is 6.42 Å². The van der Waals surface area contributed by atoms with Crippen LogP contribution in [0.25, 0.3) is 0 Å². The molecule has 0 aromatic carbocycles. The van der Waals surface area contributed by atoms with E-state index in [4.69, 9.17) is 0 Å². The molecule has 3 heterocycles. The largest absolute Gasteiger partial charge is 0.353 e. The Bertz CT molecular complexity index is 612. The van der Waals surface area contributed by atoms with Crippen molar-refractivity contribution in [2.75, 3.05) is 31.1 Å². The highest BCUT2D eigenvalue weighted by Crippen LogP contribution is 2.22. The van der Waals surface area contributed by atoms with Gasteiger partial charge in [-0.2, -0.15) is 5.10 Å². The molecule has 1 aromatic rings. The highest BCUT2D eigenvalue weighted by molar-refractivity contribution is 5.98. The zero-order valence-corrected chi connectivity index (χ0v) is 14.6. The van der Waals surface area contributed by atoms with Crippen molar-refractivity contribution >= 4 is 17.6 Å². The molecule has 1 fully saturated rings. The number of carbonyl (C=O) groups excluding carboxylic acids is 2. The molecule has 1 unspecified atom stereocenters. The molecule has 1 atom stereocenters. The number of aromatic nitrogens is 2. The zero-order chi connectivity index (χ0) is 17.1. The summed E-state index contributed by atoms with van der Waals surface area (Å²) in [6.45, 7) is 7.42. The van der Waals surface area contributed by atoms with Crippen molar-refractivity contribution in [3.63, 3.8) is 0 Å². The van der Waals surface area contributed by atoms with Crippen LogP contribution in [-0.4, -0.2) is 58.7 Å². The first-order valence-electron chi connectivity index (χ1n) is 8.90. The Morgan fingerprint density at radius 3 is 3.00 bits per heavy atom. The number of aryl methyl sites for hydroxylation is 2. The van der Waals surface area contributed by atoms with Crippen LogP contribution >= 0.6 is 0 Å². The van der Waals surface area contributed by atoms with E-state index in [0.29, 0.717) is 25.6 Å². The normalized spacial score (nSPS) is 21.7. The van der Waals surface area contributed by atoms with Gasteiger partial charge in [0.1, 0.15) is 12.4 Å². The highest BCUT2D eigenvalue weighted by Gasteiger charge is 2.27. The lowest BCUT2D eigenvalue weighted by Crippen LogP contribution is -2.47. The molecule has 7 heteroatoms. The Hall–Kier alpha value is -1.89. The second-order valence-corrected chi connectivity index (χ2v) is 6.83. The summed E-state index contributed by atoms with van der Waals surface area (Å²) < 4.78 is 1.80. The molecule has 2 aliphatic rings. The van der Waals surface area contributed by atoms with Crippen LogP contribution in [0.5, 0.6) is 0 Å². The third-order valence-electron chi connectivity index (χ3n) is 4.96. The van der Waals surface area contributed by atoms with Crippen LogP contribution < -0.4 is 10.2 Å². The quantitative estimate of drug-likeness (QED) is 0.870. The maximum Gasteiger partial charge on any atom is 0.240 e. The molecule has 132 valence electrons. The topological polar surface area (TPSA) is 70.5 Å². The van der Waals surface area contributed by atoms with Gasteiger partial charge < -0.3 is 5.32 Å². The number of piperidine rings is 1. The molecule has 0 spiro atoms. The van der Waals surface area contributed by atoms with Gasteiger partial charge in [-0.3, -0.25) is 19.4 Å². The predicted molar refractivity (Wildman–Crippen MR) is 91.8 cm³/mol. The van der Waals surface area contributed by atoms with Crippen molar-refractivity contribution in [2.45, 2.75) is 52.1 Å². The summed E-state index contributed by atoms with van der Waals surface area (Å²) in [5, 5.41) is 7.31. The summed E-state index contributed by atoms with van der Waals surface area (Å²) in [5.41, 5.74) is 0.865. The number of likely N-dealkylation sites (tertiary alicyclic amines) is 1. The molecule has 0 saturated carbocycles.